The lowest BCUT2D eigenvalue weighted by Gasteiger charge is -2.58. The largest absolute Gasteiger partial charge is 0.332 e. The third kappa shape index (κ3) is 5.90. The van der Waals surface area contributed by atoms with Crippen molar-refractivity contribution >= 4 is 11.7 Å². The van der Waals surface area contributed by atoms with Gasteiger partial charge < -0.3 is 9.80 Å². The van der Waals surface area contributed by atoms with E-state index in [-0.39, 0.29) is 0 Å². The van der Waals surface area contributed by atoms with Gasteiger partial charge in [0.15, 0.2) is 0 Å². The van der Waals surface area contributed by atoms with Gasteiger partial charge in [-0.2, -0.15) is 0 Å². The molecule has 0 radical (unpaired) electrons. The number of nitrogens with zero attached hydrogens (tertiary/aromatic N) is 5. The number of aromatic nitrogens is 2. The Labute approximate surface area is 213 Å². The molecule has 0 bridgehead atoms. The Bertz CT molecular complexity index is 814. The third-order valence-electron chi connectivity index (χ3n) is 9.27. The molecule has 6 heteroatoms. The van der Waals surface area contributed by atoms with Crippen LogP contribution in [0.2, 0.25) is 0 Å². The van der Waals surface area contributed by atoms with Gasteiger partial charge in [0.2, 0.25) is 5.95 Å². The molecule has 2 heterocycles. The first-order valence-electron chi connectivity index (χ1n) is 14.3. The van der Waals surface area contributed by atoms with Crippen molar-refractivity contribution in [2.75, 3.05) is 31.6 Å². The molecule has 3 unspecified atom stereocenters. The van der Waals surface area contributed by atoms with Gasteiger partial charge in [-0.05, 0) is 77.2 Å². The molecular formula is C29H49N5O. The van der Waals surface area contributed by atoms with Gasteiger partial charge in [0.25, 0.3) is 0 Å². The van der Waals surface area contributed by atoms with Crippen LogP contribution >= 0.6 is 0 Å². The van der Waals surface area contributed by atoms with Gasteiger partial charge in [-0.3, -0.25) is 9.69 Å². The van der Waals surface area contributed by atoms with Crippen LogP contribution in [0.1, 0.15) is 91.5 Å². The number of carbonyl (C=O) groups is 1. The minimum atomic E-state index is 0.353. The summed E-state index contributed by atoms with van der Waals surface area (Å²) in [7, 11) is 2.22. The monoisotopic (exact) mass is 483 g/mol. The van der Waals surface area contributed by atoms with Gasteiger partial charge in [0.1, 0.15) is 5.78 Å². The van der Waals surface area contributed by atoms with Gasteiger partial charge in [-0.15, -0.1) is 0 Å². The van der Waals surface area contributed by atoms with Crippen LogP contribution in [-0.4, -0.2) is 70.4 Å². The fourth-order valence-electron chi connectivity index (χ4n) is 7.31. The third-order valence-corrected chi connectivity index (χ3v) is 9.27. The number of Topliss-reactive ketones (excluding diaryl/α,β-unsaturated/α-hetero) is 1. The van der Waals surface area contributed by atoms with Crippen molar-refractivity contribution in [1.29, 1.82) is 0 Å². The number of hydrogen-bond donors (Lipinski definition) is 0. The minimum absolute atomic E-state index is 0.353. The number of anilines is 1. The molecule has 1 aliphatic heterocycles. The zero-order valence-electron chi connectivity index (χ0n) is 23.2. The zero-order valence-corrected chi connectivity index (χ0v) is 23.2. The summed E-state index contributed by atoms with van der Waals surface area (Å²) >= 11 is 0. The molecule has 3 aliphatic rings. The highest BCUT2D eigenvalue weighted by molar-refractivity contribution is 5.79. The van der Waals surface area contributed by atoms with Gasteiger partial charge >= 0.3 is 0 Å². The Balaban J connectivity index is 1.29. The molecule has 35 heavy (non-hydrogen) atoms. The number of ketones is 1. The average Bonchev–Trinajstić information content (AvgIpc) is 2.79. The summed E-state index contributed by atoms with van der Waals surface area (Å²) in [6.45, 7) is 15.3. The summed E-state index contributed by atoms with van der Waals surface area (Å²) in [5, 5.41) is 0. The van der Waals surface area contributed by atoms with Crippen molar-refractivity contribution in [2.24, 2.45) is 17.3 Å². The summed E-state index contributed by atoms with van der Waals surface area (Å²) in [6, 6.07) is 1.60. The van der Waals surface area contributed by atoms with Gasteiger partial charge in [0.05, 0.1) is 0 Å². The second-order valence-electron chi connectivity index (χ2n) is 12.2. The maximum absolute atomic E-state index is 11.6. The van der Waals surface area contributed by atoms with Crippen molar-refractivity contribution in [3.8, 4) is 0 Å². The lowest BCUT2D eigenvalue weighted by atomic mass is 9.47. The molecule has 1 spiro atoms. The maximum Gasteiger partial charge on any atom is 0.225 e. The molecule has 2 aliphatic carbocycles. The Hall–Kier alpha value is -1.53. The molecule has 1 saturated heterocycles. The molecule has 0 aromatic carbocycles. The number of carbonyl (C=O) groups excluding carboxylic acids is 1. The smallest absolute Gasteiger partial charge is 0.225 e. The molecule has 4 rings (SSSR count). The lowest BCUT2D eigenvalue weighted by Crippen LogP contribution is -2.60. The predicted molar refractivity (Wildman–Crippen MR) is 144 cm³/mol. The van der Waals surface area contributed by atoms with E-state index < -0.39 is 0 Å². The SMILES string of the molecule is CCCC(C)N1CC(CC)N(c2ncc(CN(C)C[C@H]3CC4(C3)C[C@H](C(C)=O)C4)cn2)C(CC)C1. The lowest BCUT2D eigenvalue weighted by molar-refractivity contribution is -0.137. The Morgan fingerprint density at radius 1 is 1.09 bits per heavy atom. The van der Waals surface area contributed by atoms with E-state index in [0.717, 1.165) is 63.7 Å². The average molecular weight is 484 g/mol. The summed E-state index contributed by atoms with van der Waals surface area (Å²) in [4.78, 5) is 28.9. The van der Waals surface area contributed by atoms with Gasteiger partial charge in [-0.1, -0.05) is 27.2 Å². The Kier molecular flexibility index (Phi) is 8.53. The summed E-state index contributed by atoms with van der Waals surface area (Å²) in [6.07, 6.45) is 13.7. The minimum Gasteiger partial charge on any atom is -0.332 e. The van der Waals surface area contributed by atoms with Gasteiger partial charge in [-0.25, -0.2) is 9.97 Å². The molecule has 3 atom stereocenters. The van der Waals surface area contributed by atoms with E-state index >= 15 is 0 Å². The quantitative estimate of drug-likeness (QED) is 0.433. The highest BCUT2D eigenvalue weighted by Gasteiger charge is 2.53. The summed E-state index contributed by atoms with van der Waals surface area (Å²) in [5.74, 6) is 2.42. The van der Waals surface area contributed by atoms with Crippen molar-refractivity contribution < 1.29 is 4.79 Å². The fraction of sp³-hybridized carbons (Fsp3) is 0.828. The van der Waals surface area contributed by atoms with E-state index in [1.54, 1.807) is 6.92 Å². The van der Waals surface area contributed by atoms with Crippen LogP contribution < -0.4 is 4.90 Å². The first-order valence-corrected chi connectivity index (χ1v) is 14.3. The van der Waals surface area contributed by atoms with E-state index in [1.165, 1.54) is 31.2 Å². The molecule has 1 aromatic rings. The second-order valence-corrected chi connectivity index (χ2v) is 12.2. The topological polar surface area (TPSA) is 52.6 Å². The normalized spacial score (nSPS) is 31.9. The molecule has 0 amide bonds. The van der Waals surface area contributed by atoms with Crippen LogP contribution in [0.25, 0.3) is 0 Å². The molecule has 1 aromatic heterocycles. The Morgan fingerprint density at radius 2 is 1.69 bits per heavy atom. The standard InChI is InChI=1S/C29H49N5O/c1-7-10-21(4)33-19-26(8-2)34(27(9-3)20-33)28-30-15-24(16-31-28)18-32(6)17-23-11-29(12-23)13-25(14-29)22(5)35/h15-16,21,23,25-27H,7-14,17-20H2,1-6H3/t21?,23-,25-,26?,27?,29?. The zero-order chi connectivity index (χ0) is 25.2. The number of rotatable bonds is 11. The molecule has 6 nitrogen and oxygen atoms in total. The van der Waals surface area contributed by atoms with Crippen LogP contribution in [-0.2, 0) is 11.3 Å². The van der Waals surface area contributed by atoms with Crippen LogP contribution in [0.3, 0.4) is 0 Å². The van der Waals surface area contributed by atoms with Crippen molar-refractivity contribution in [3.05, 3.63) is 18.0 Å². The Morgan fingerprint density at radius 3 is 2.20 bits per heavy atom. The molecule has 0 N–H and O–H groups in total. The van der Waals surface area contributed by atoms with E-state index in [2.05, 4.69) is 61.8 Å². The van der Waals surface area contributed by atoms with Crippen LogP contribution in [0.15, 0.2) is 12.4 Å². The van der Waals surface area contributed by atoms with Gasteiger partial charge in [0, 0.05) is 68.2 Å². The van der Waals surface area contributed by atoms with Crippen molar-refractivity contribution in [2.45, 2.75) is 111 Å². The molecule has 3 fully saturated rings. The summed E-state index contributed by atoms with van der Waals surface area (Å²) in [5.41, 5.74) is 1.71. The van der Waals surface area contributed by atoms with Crippen LogP contribution in [0.5, 0.6) is 0 Å². The van der Waals surface area contributed by atoms with E-state index in [4.69, 9.17) is 9.97 Å². The van der Waals surface area contributed by atoms with Crippen molar-refractivity contribution in [1.82, 2.24) is 19.8 Å². The fourth-order valence-corrected chi connectivity index (χ4v) is 7.31. The highest BCUT2D eigenvalue weighted by atomic mass is 16.1. The van der Waals surface area contributed by atoms with E-state index in [9.17, 15) is 4.79 Å². The molecular weight excluding hydrogens is 434 g/mol. The van der Waals surface area contributed by atoms with Crippen molar-refractivity contribution in [3.63, 3.8) is 0 Å². The van der Waals surface area contributed by atoms with Crippen LogP contribution in [0, 0.1) is 17.3 Å². The predicted octanol–water partition coefficient (Wildman–Crippen LogP) is 5.17. The number of hydrogen-bond acceptors (Lipinski definition) is 6. The second kappa shape index (κ2) is 11.2. The highest BCUT2D eigenvalue weighted by Crippen LogP contribution is 2.61. The summed E-state index contributed by atoms with van der Waals surface area (Å²) < 4.78 is 0. The number of piperazine rings is 1. The van der Waals surface area contributed by atoms with E-state index in [1.807, 2.05) is 0 Å². The first kappa shape index (κ1) is 26.5. The van der Waals surface area contributed by atoms with E-state index in [0.29, 0.717) is 35.2 Å². The molecule has 196 valence electrons. The first-order chi connectivity index (χ1) is 16.8. The molecule has 2 saturated carbocycles. The maximum atomic E-state index is 11.6. The van der Waals surface area contributed by atoms with Crippen LogP contribution in [0.4, 0.5) is 5.95 Å².